The lowest BCUT2D eigenvalue weighted by Gasteiger charge is -2.03. The van der Waals surface area contributed by atoms with Crippen molar-refractivity contribution in [1.29, 1.82) is 0 Å². The molecular formula is C19H19FN2O3S2. The molecule has 3 aromatic rings. The van der Waals surface area contributed by atoms with Gasteiger partial charge in [0.25, 0.3) is 0 Å². The predicted octanol–water partition coefficient (Wildman–Crippen LogP) is 3.54. The summed E-state index contributed by atoms with van der Waals surface area (Å²) in [4.78, 5) is 17.0. The Morgan fingerprint density at radius 1 is 1.15 bits per heavy atom. The van der Waals surface area contributed by atoms with Gasteiger partial charge in [-0.15, -0.1) is 0 Å². The topological polar surface area (TPSA) is 68.5 Å². The van der Waals surface area contributed by atoms with Crippen molar-refractivity contribution >= 4 is 37.3 Å². The summed E-state index contributed by atoms with van der Waals surface area (Å²) in [5.74, 6) is -1.36. The summed E-state index contributed by atoms with van der Waals surface area (Å²) in [7, 11) is -3.66. The van der Waals surface area contributed by atoms with Gasteiger partial charge in [-0.1, -0.05) is 30.4 Å². The zero-order valence-electron chi connectivity index (χ0n) is 14.8. The molecule has 0 aliphatic heterocycles. The molecule has 1 amide bonds. The van der Waals surface area contributed by atoms with Gasteiger partial charge in [0.05, 0.1) is 20.9 Å². The molecule has 0 N–H and O–H groups in total. The second-order valence-electron chi connectivity index (χ2n) is 6.03. The first-order chi connectivity index (χ1) is 12.9. The Bertz CT molecular complexity index is 1130. The number of halogens is 1. The molecule has 3 rings (SSSR count). The molecule has 27 heavy (non-hydrogen) atoms. The van der Waals surface area contributed by atoms with Crippen LogP contribution in [0.3, 0.4) is 0 Å². The minimum Gasteiger partial charge on any atom is -0.316 e. The van der Waals surface area contributed by atoms with E-state index in [1.165, 1.54) is 23.5 Å². The summed E-state index contributed by atoms with van der Waals surface area (Å²) >= 11 is 1.41. The number of aryl methyl sites for hydroxylation is 1. The van der Waals surface area contributed by atoms with E-state index in [1.54, 1.807) is 0 Å². The highest BCUT2D eigenvalue weighted by molar-refractivity contribution is 7.91. The monoisotopic (exact) mass is 406 g/mol. The molecule has 0 spiro atoms. The van der Waals surface area contributed by atoms with E-state index in [2.05, 4.69) is 4.99 Å². The fourth-order valence-corrected chi connectivity index (χ4v) is 4.99. The molecule has 0 saturated carbocycles. The van der Waals surface area contributed by atoms with Gasteiger partial charge in [-0.25, -0.2) is 12.8 Å². The molecule has 1 aromatic heterocycles. The lowest BCUT2D eigenvalue weighted by atomic mass is 10.3. The summed E-state index contributed by atoms with van der Waals surface area (Å²) in [5, 5.41) is 0. The number of aromatic nitrogens is 1. The van der Waals surface area contributed by atoms with E-state index < -0.39 is 21.6 Å². The normalized spacial score (nSPS) is 12.6. The molecule has 0 aliphatic carbocycles. The van der Waals surface area contributed by atoms with Crippen LogP contribution in [0.5, 0.6) is 0 Å². The first-order valence-corrected chi connectivity index (χ1v) is 11.0. The average Bonchev–Trinajstić information content (AvgIpc) is 2.98. The predicted molar refractivity (Wildman–Crippen MR) is 104 cm³/mol. The smallest absolute Gasteiger partial charge is 0.249 e. The molecule has 0 fully saturated rings. The van der Waals surface area contributed by atoms with Gasteiger partial charge in [-0.3, -0.25) is 4.79 Å². The highest BCUT2D eigenvalue weighted by Gasteiger charge is 2.16. The van der Waals surface area contributed by atoms with Crippen LogP contribution in [0, 0.1) is 5.82 Å². The molecule has 2 aromatic carbocycles. The quantitative estimate of drug-likeness (QED) is 0.588. The van der Waals surface area contributed by atoms with Gasteiger partial charge >= 0.3 is 0 Å². The SMILES string of the molecule is CCCn1c(=NC(=O)CCS(=O)(=O)c2ccc(F)cc2)sc2ccccc21. The van der Waals surface area contributed by atoms with Crippen molar-refractivity contribution in [1.82, 2.24) is 4.57 Å². The number of hydrogen-bond acceptors (Lipinski definition) is 4. The maximum Gasteiger partial charge on any atom is 0.249 e. The molecule has 5 nitrogen and oxygen atoms in total. The van der Waals surface area contributed by atoms with Crippen molar-refractivity contribution in [3.8, 4) is 0 Å². The Labute approximate surface area is 160 Å². The van der Waals surface area contributed by atoms with Gasteiger partial charge < -0.3 is 4.57 Å². The van der Waals surface area contributed by atoms with Crippen LogP contribution >= 0.6 is 11.3 Å². The first-order valence-electron chi connectivity index (χ1n) is 8.55. The van der Waals surface area contributed by atoms with Crippen LogP contribution in [0.4, 0.5) is 4.39 Å². The van der Waals surface area contributed by atoms with E-state index in [1.807, 2.05) is 35.8 Å². The van der Waals surface area contributed by atoms with Crippen molar-refractivity contribution in [3.63, 3.8) is 0 Å². The third-order valence-electron chi connectivity index (χ3n) is 4.01. The van der Waals surface area contributed by atoms with Crippen LogP contribution in [0.1, 0.15) is 19.8 Å². The Morgan fingerprint density at radius 3 is 2.56 bits per heavy atom. The number of carbonyl (C=O) groups excluding carboxylic acids is 1. The third kappa shape index (κ3) is 4.51. The Morgan fingerprint density at radius 2 is 1.85 bits per heavy atom. The maximum atomic E-state index is 13.0. The Kier molecular flexibility index (Phi) is 5.86. The van der Waals surface area contributed by atoms with Gasteiger partial charge in [-0.05, 0) is 42.8 Å². The number of fused-ring (bicyclic) bond motifs is 1. The minimum atomic E-state index is -3.66. The van der Waals surface area contributed by atoms with Crippen LogP contribution in [0.15, 0.2) is 58.4 Å². The molecule has 0 saturated heterocycles. The van der Waals surface area contributed by atoms with Gasteiger partial charge in [0, 0.05) is 13.0 Å². The molecule has 142 valence electrons. The first kappa shape index (κ1) is 19.4. The van der Waals surface area contributed by atoms with E-state index in [9.17, 15) is 17.6 Å². The third-order valence-corrected chi connectivity index (χ3v) is 6.80. The van der Waals surface area contributed by atoms with Crippen molar-refractivity contribution in [2.45, 2.75) is 31.2 Å². The van der Waals surface area contributed by atoms with Crippen LogP contribution in [0.2, 0.25) is 0 Å². The minimum absolute atomic E-state index is 0.000362. The van der Waals surface area contributed by atoms with Crippen LogP contribution in [-0.2, 0) is 21.2 Å². The van der Waals surface area contributed by atoms with Gasteiger partial charge in [0.2, 0.25) is 5.91 Å². The van der Waals surface area contributed by atoms with Crippen molar-refractivity contribution in [3.05, 3.63) is 59.1 Å². The Hall–Kier alpha value is -2.32. The van der Waals surface area contributed by atoms with E-state index in [0.29, 0.717) is 4.80 Å². The number of amides is 1. The second kappa shape index (κ2) is 8.14. The van der Waals surface area contributed by atoms with Crippen molar-refractivity contribution in [2.24, 2.45) is 4.99 Å². The second-order valence-corrected chi connectivity index (χ2v) is 9.15. The summed E-state index contributed by atoms with van der Waals surface area (Å²) in [6.45, 7) is 2.77. The van der Waals surface area contributed by atoms with Crippen molar-refractivity contribution < 1.29 is 17.6 Å². The van der Waals surface area contributed by atoms with Gasteiger partial charge in [0.1, 0.15) is 5.82 Å². The lowest BCUT2D eigenvalue weighted by molar-refractivity contribution is -0.117. The summed E-state index contributed by atoms with van der Waals surface area (Å²) < 4.78 is 40.5. The highest BCUT2D eigenvalue weighted by atomic mass is 32.2. The fourth-order valence-electron chi connectivity index (χ4n) is 2.69. The van der Waals surface area contributed by atoms with Gasteiger partial charge in [0.15, 0.2) is 14.6 Å². The standard InChI is InChI=1S/C19H19FN2O3S2/c1-2-12-22-16-5-3-4-6-17(16)26-19(22)21-18(23)11-13-27(24,25)15-9-7-14(20)8-10-15/h3-10H,2,11-13H2,1H3. The summed E-state index contributed by atoms with van der Waals surface area (Å²) in [5.41, 5.74) is 1.01. The number of para-hydroxylation sites is 1. The van der Waals surface area contributed by atoms with E-state index in [-0.39, 0.29) is 17.1 Å². The number of rotatable bonds is 6. The van der Waals surface area contributed by atoms with Crippen LogP contribution in [-0.4, -0.2) is 24.6 Å². The molecule has 0 atom stereocenters. The van der Waals surface area contributed by atoms with Crippen molar-refractivity contribution in [2.75, 3.05) is 5.75 Å². The number of carbonyl (C=O) groups is 1. The molecule has 0 unspecified atom stereocenters. The van der Waals surface area contributed by atoms with Gasteiger partial charge in [-0.2, -0.15) is 4.99 Å². The zero-order chi connectivity index (χ0) is 19.4. The number of hydrogen-bond donors (Lipinski definition) is 0. The number of sulfone groups is 1. The molecular weight excluding hydrogens is 387 g/mol. The van der Waals surface area contributed by atoms with Crippen LogP contribution in [0.25, 0.3) is 10.2 Å². The maximum absolute atomic E-state index is 13.0. The lowest BCUT2D eigenvalue weighted by Crippen LogP contribution is -2.18. The highest BCUT2D eigenvalue weighted by Crippen LogP contribution is 2.17. The molecule has 0 bridgehead atoms. The number of thiazole rings is 1. The summed E-state index contributed by atoms with van der Waals surface area (Å²) in [6.07, 6.45) is 0.668. The summed E-state index contributed by atoms with van der Waals surface area (Å²) in [6, 6.07) is 12.4. The molecule has 8 heteroatoms. The van der Waals surface area contributed by atoms with Crippen LogP contribution < -0.4 is 4.80 Å². The van der Waals surface area contributed by atoms with E-state index in [4.69, 9.17) is 0 Å². The van der Waals surface area contributed by atoms with E-state index in [0.717, 1.165) is 35.3 Å². The Balaban J connectivity index is 1.82. The number of nitrogens with zero attached hydrogens (tertiary/aromatic N) is 2. The average molecular weight is 407 g/mol. The molecule has 0 radical (unpaired) electrons. The number of benzene rings is 2. The molecule has 1 heterocycles. The fraction of sp³-hybridized carbons (Fsp3) is 0.263. The zero-order valence-corrected chi connectivity index (χ0v) is 16.4. The molecule has 0 aliphatic rings. The van der Waals surface area contributed by atoms with E-state index >= 15 is 0 Å². The largest absolute Gasteiger partial charge is 0.316 e.